The van der Waals surface area contributed by atoms with E-state index < -0.39 is 0 Å². The minimum atomic E-state index is -0.114. The van der Waals surface area contributed by atoms with Crippen molar-refractivity contribution < 1.29 is 9.59 Å². The number of likely N-dealkylation sites (tertiary alicyclic amines) is 1. The maximum atomic E-state index is 12.1. The molecule has 5 nitrogen and oxygen atoms in total. The van der Waals surface area contributed by atoms with Crippen LogP contribution in [0.1, 0.15) is 18.4 Å². The van der Waals surface area contributed by atoms with E-state index in [0.29, 0.717) is 12.5 Å². The first-order chi connectivity index (χ1) is 10.2. The summed E-state index contributed by atoms with van der Waals surface area (Å²) in [5.41, 5.74) is 0.954. The molecule has 1 aromatic carbocycles. The van der Waals surface area contributed by atoms with Gasteiger partial charge in [0.1, 0.15) is 0 Å². The molecule has 21 heavy (non-hydrogen) atoms. The Morgan fingerprint density at radius 3 is 2.76 bits per heavy atom. The van der Waals surface area contributed by atoms with Gasteiger partial charge in [-0.3, -0.25) is 9.59 Å². The molecule has 1 aliphatic rings. The number of rotatable bonds is 5. The zero-order valence-electron chi connectivity index (χ0n) is 12.5. The van der Waals surface area contributed by atoms with Crippen LogP contribution in [0.4, 0.5) is 0 Å². The third-order valence-electron chi connectivity index (χ3n) is 3.83. The fraction of sp³-hybridized carbons (Fsp3) is 0.500. The molecule has 2 rings (SSSR count). The van der Waals surface area contributed by atoms with Gasteiger partial charge in [-0.05, 0) is 25.5 Å². The lowest BCUT2D eigenvalue weighted by atomic mass is 10.1. The van der Waals surface area contributed by atoms with Gasteiger partial charge < -0.3 is 15.5 Å². The van der Waals surface area contributed by atoms with E-state index in [1.54, 1.807) is 0 Å². The zero-order chi connectivity index (χ0) is 15.1. The van der Waals surface area contributed by atoms with Crippen molar-refractivity contribution in [3.8, 4) is 0 Å². The van der Waals surface area contributed by atoms with E-state index in [2.05, 4.69) is 10.6 Å². The van der Waals surface area contributed by atoms with Gasteiger partial charge in [0.2, 0.25) is 11.8 Å². The van der Waals surface area contributed by atoms with Crippen LogP contribution in [0.15, 0.2) is 30.3 Å². The molecule has 0 bridgehead atoms. The van der Waals surface area contributed by atoms with Crippen LogP contribution in [0.2, 0.25) is 0 Å². The van der Waals surface area contributed by atoms with E-state index in [1.807, 2.05) is 42.3 Å². The highest BCUT2D eigenvalue weighted by atomic mass is 16.2. The number of likely N-dealkylation sites (N-methyl/N-ethyl adjacent to an activating group) is 1. The highest BCUT2D eigenvalue weighted by molar-refractivity contribution is 5.85. The first-order valence-corrected chi connectivity index (χ1v) is 7.44. The Hall–Kier alpha value is -1.88. The average Bonchev–Trinajstić information content (AvgIpc) is 2.53. The lowest BCUT2D eigenvalue weighted by Gasteiger charge is -2.32. The number of benzene rings is 1. The molecule has 0 spiro atoms. The van der Waals surface area contributed by atoms with Crippen molar-refractivity contribution in [2.75, 3.05) is 26.7 Å². The summed E-state index contributed by atoms with van der Waals surface area (Å²) >= 11 is 0. The van der Waals surface area contributed by atoms with E-state index >= 15 is 0 Å². The maximum Gasteiger partial charge on any atom is 0.242 e. The third-order valence-corrected chi connectivity index (χ3v) is 3.83. The van der Waals surface area contributed by atoms with Crippen LogP contribution < -0.4 is 10.6 Å². The summed E-state index contributed by atoms with van der Waals surface area (Å²) in [4.78, 5) is 25.8. The van der Waals surface area contributed by atoms with Crippen LogP contribution in [-0.2, 0) is 16.0 Å². The summed E-state index contributed by atoms with van der Waals surface area (Å²) < 4.78 is 0. The topological polar surface area (TPSA) is 61.4 Å². The summed E-state index contributed by atoms with van der Waals surface area (Å²) in [6, 6.07) is 9.90. The molecule has 1 aliphatic heterocycles. The van der Waals surface area contributed by atoms with Gasteiger partial charge in [0.15, 0.2) is 0 Å². The smallest absolute Gasteiger partial charge is 0.242 e. The SMILES string of the molecule is CNC1CCCN(C(=O)CNC(=O)Cc2ccccc2)C1. The maximum absolute atomic E-state index is 12.1. The fourth-order valence-corrected chi connectivity index (χ4v) is 2.57. The van der Waals surface area contributed by atoms with Gasteiger partial charge in [-0.25, -0.2) is 0 Å². The van der Waals surface area contributed by atoms with E-state index in [9.17, 15) is 9.59 Å². The van der Waals surface area contributed by atoms with Crippen molar-refractivity contribution in [2.24, 2.45) is 0 Å². The quantitative estimate of drug-likeness (QED) is 0.832. The molecule has 1 unspecified atom stereocenters. The number of carbonyl (C=O) groups excluding carboxylic acids is 2. The van der Waals surface area contributed by atoms with Gasteiger partial charge in [-0.2, -0.15) is 0 Å². The average molecular weight is 289 g/mol. The molecule has 2 amide bonds. The largest absolute Gasteiger partial charge is 0.347 e. The summed E-state index contributed by atoms with van der Waals surface area (Å²) in [7, 11) is 1.92. The predicted octanol–water partition coefficient (Wildman–Crippen LogP) is 0.556. The van der Waals surface area contributed by atoms with Crippen molar-refractivity contribution in [1.82, 2.24) is 15.5 Å². The van der Waals surface area contributed by atoms with Gasteiger partial charge in [-0.15, -0.1) is 0 Å². The summed E-state index contributed by atoms with van der Waals surface area (Å²) in [5.74, 6) is -0.118. The lowest BCUT2D eigenvalue weighted by Crippen LogP contribution is -2.49. The molecule has 1 heterocycles. The van der Waals surface area contributed by atoms with E-state index in [0.717, 1.165) is 31.5 Å². The molecule has 0 aromatic heterocycles. The summed E-state index contributed by atoms with van der Waals surface area (Å²) in [6.45, 7) is 1.59. The predicted molar refractivity (Wildman–Crippen MR) is 81.8 cm³/mol. The number of amides is 2. The van der Waals surface area contributed by atoms with E-state index in [4.69, 9.17) is 0 Å². The second kappa shape index (κ2) is 7.78. The second-order valence-electron chi connectivity index (χ2n) is 5.41. The first-order valence-electron chi connectivity index (χ1n) is 7.44. The van der Waals surface area contributed by atoms with Gasteiger partial charge in [0.05, 0.1) is 13.0 Å². The molecule has 0 radical (unpaired) electrons. The van der Waals surface area contributed by atoms with Crippen LogP contribution >= 0.6 is 0 Å². The lowest BCUT2D eigenvalue weighted by molar-refractivity contribution is -0.133. The van der Waals surface area contributed by atoms with Gasteiger partial charge in [0.25, 0.3) is 0 Å². The molecule has 0 saturated carbocycles. The van der Waals surface area contributed by atoms with Gasteiger partial charge in [-0.1, -0.05) is 30.3 Å². The molecule has 1 atom stereocenters. The summed E-state index contributed by atoms with van der Waals surface area (Å²) in [6.07, 6.45) is 2.42. The summed E-state index contributed by atoms with van der Waals surface area (Å²) in [5, 5.41) is 5.92. The van der Waals surface area contributed by atoms with E-state index in [-0.39, 0.29) is 18.4 Å². The normalized spacial score (nSPS) is 18.3. The Morgan fingerprint density at radius 1 is 1.29 bits per heavy atom. The van der Waals surface area contributed by atoms with Crippen molar-refractivity contribution in [3.63, 3.8) is 0 Å². The Bertz CT molecular complexity index is 476. The molecule has 1 aromatic rings. The van der Waals surface area contributed by atoms with Crippen LogP contribution in [0.5, 0.6) is 0 Å². The van der Waals surface area contributed by atoms with Crippen molar-refractivity contribution >= 4 is 11.8 Å². The van der Waals surface area contributed by atoms with Gasteiger partial charge in [0, 0.05) is 19.1 Å². The molecule has 0 aliphatic carbocycles. The highest BCUT2D eigenvalue weighted by Crippen LogP contribution is 2.09. The van der Waals surface area contributed by atoms with Crippen LogP contribution in [0, 0.1) is 0 Å². The van der Waals surface area contributed by atoms with Gasteiger partial charge >= 0.3 is 0 Å². The Labute approximate surface area is 125 Å². The number of nitrogens with one attached hydrogen (secondary N) is 2. The van der Waals surface area contributed by atoms with E-state index in [1.165, 1.54) is 0 Å². The Kier molecular flexibility index (Phi) is 5.75. The number of hydrogen-bond donors (Lipinski definition) is 2. The minimum Gasteiger partial charge on any atom is -0.347 e. The Morgan fingerprint density at radius 2 is 2.05 bits per heavy atom. The van der Waals surface area contributed by atoms with Crippen LogP contribution in [0.3, 0.4) is 0 Å². The number of nitrogens with zero attached hydrogens (tertiary/aromatic N) is 1. The number of hydrogen-bond acceptors (Lipinski definition) is 3. The molecular formula is C16H23N3O2. The number of carbonyl (C=O) groups is 2. The Balaban J connectivity index is 1.74. The number of piperidine rings is 1. The first kappa shape index (κ1) is 15.5. The highest BCUT2D eigenvalue weighted by Gasteiger charge is 2.22. The van der Waals surface area contributed by atoms with Crippen LogP contribution in [0.25, 0.3) is 0 Å². The molecule has 1 saturated heterocycles. The standard InChI is InChI=1S/C16H23N3O2/c1-17-14-8-5-9-19(12-14)16(21)11-18-15(20)10-13-6-3-2-4-7-13/h2-4,6-7,14,17H,5,8-12H2,1H3,(H,18,20). The molecule has 2 N–H and O–H groups in total. The zero-order valence-corrected chi connectivity index (χ0v) is 12.5. The molecule has 114 valence electrons. The fourth-order valence-electron chi connectivity index (χ4n) is 2.57. The van der Waals surface area contributed by atoms with Crippen LogP contribution in [-0.4, -0.2) is 49.4 Å². The monoisotopic (exact) mass is 289 g/mol. The minimum absolute atomic E-state index is 0.00337. The van der Waals surface area contributed by atoms with Crippen molar-refractivity contribution in [3.05, 3.63) is 35.9 Å². The second-order valence-corrected chi connectivity index (χ2v) is 5.41. The van der Waals surface area contributed by atoms with Crippen molar-refractivity contribution in [1.29, 1.82) is 0 Å². The molecule has 1 fully saturated rings. The molecule has 5 heteroatoms. The third kappa shape index (κ3) is 4.86. The van der Waals surface area contributed by atoms with Crippen molar-refractivity contribution in [2.45, 2.75) is 25.3 Å². The molecular weight excluding hydrogens is 266 g/mol.